The zero-order valence-corrected chi connectivity index (χ0v) is 16.3. The van der Waals surface area contributed by atoms with Crippen molar-refractivity contribution >= 4 is 5.91 Å². The summed E-state index contributed by atoms with van der Waals surface area (Å²) in [7, 11) is 0. The first-order chi connectivity index (χ1) is 13.2. The summed E-state index contributed by atoms with van der Waals surface area (Å²) in [5.74, 6) is 1.34. The van der Waals surface area contributed by atoms with Crippen LogP contribution in [0.2, 0.25) is 0 Å². The SMILES string of the molecule is CCCCN(CCCC)C(=O)C1Oc2ccccc2Cc2ccccc2O1. The third-order valence-electron chi connectivity index (χ3n) is 4.87. The lowest BCUT2D eigenvalue weighted by Crippen LogP contribution is -2.46. The van der Waals surface area contributed by atoms with Gasteiger partial charge in [0, 0.05) is 19.5 Å². The third-order valence-corrected chi connectivity index (χ3v) is 4.87. The number of carbonyl (C=O) groups excluding carboxylic acids is 1. The minimum Gasteiger partial charge on any atom is -0.446 e. The van der Waals surface area contributed by atoms with Gasteiger partial charge in [0.05, 0.1) is 0 Å². The molecule has 0 saturated carbocycles. The molecule has 144 valence electrons. The molecule has 27 heavy (non-hydrogen) atoms. The minimum absolute atomic E-state index is 0.0941. The average Bonchev–Trinajstić information content (AvgIpc) is 2.68. The molecule has 3 rings (SSSR count). The Kier molecular flexibility index (Phi) is 6.74. The molecule has 0 saturated heterocycles. The van der Waals surface area contributed by atoms with Gasteiger partial charge < -0.3 is 14.4 Å². The van der Waals surface area contributed by atoms with Gasteiger partial charge in [0.2, 0.25) is 0 Å². The van der Waals surface area contributed by atoms with Crippen molar-refractivity contribution in [3.63, 3.8) is 0 Å². The molecule has 0 unspecified atom stereocenters. The predicted molar refractivity (Wildman–Crippen MR) is 107 cm³/mol. The smallest absolute Gasteiger partial charge is 0.321 e. The molecule has 0 atom stereocenters. The van der Waals surface area contributed by atoms with Crippen LogP contribution in [0.4, 0.5) is 0 Å². The van der Waals surface area contributed by atoms with Gasteiger partial charge in [-0.25, -0.2) is 0 Å². The highest BCUT2D eigenvalue weighted by atomic mass is 16.7. The Bertz CT molecular complexity index is 703. The van der Waals surface area contributed by atoms with Gasteiger partial charge >= 0.3 is 12.2 Å². The molecular formula is C23H29NO3. The number of unbranched alkanes of at least 4 members (excludes halogenated alkanes) is 2. The largest absolute Gasteiger partial charge is 0.446 e. The van der Waals surface area contributed by atoms with Gasteiger partial charge in [-0.15, -0.1) is 0 Å². The molecule has 0 fully saturated rings. The molecule has 4 nitrogen and oxygen atoms in total. The number of para-hydroxylation sites is 2. The van der Waals surface area contributed by atoms with E-state index in [1.807, 2.05) is 53.4 Å². The number of amides is 1. The Labute approximate surface area is 162 Å². The van der Waals surface area contributed by atoms with Crippen LogP contribution in [0.5, 0.6) is 11.5 Å². The molecular weight excluding hydrogens is 338 g/mol. The van der Waals surface area contributed by atoms with Crippen LogP contribution in [0.15, 0.2) is 48.5 Å². The maximum atomic E-state index is 13.3. The van der Waals surface area contributed by atoms with Crippen molar-refractivity contribution in [2.45, 2.75) is 52.2 Å². The van der Waals surface area contributed by atoms with E-state index in [0.29, 0.717) is 0 Å². The second-order valence-electron chi connectivity index (χ2n) is 6.99. The lowest BCUT2D eigenvalue weighted by atomic mass is 10.0. The summed E-state index contributed by atoms with van der Waals surface area (Å²) in [5.41, 5.74) is 2.14. The summed E-state index contributed by atoms with van der Waals surface area (Å²) in [6.07, 6.45) is 3.83. The fraction of sp³-hybridized carbons (Fsp3) is 0.435. The molecule has 2 aromatic rings. The van der Waals surface area contributed by atoms with Gasteiger partial charge in [0.15, 0.2) is 0 Å². The van der Waals surface area contributed by atoms with E-state index in [9.17, 15) is 4.79 Å². The average molecular weight is 367 g/mol. The number of hydrogen-bond donors (Lipinski definition) is 0. The molecule has 2 aromatic carbocycles. The molecule has 1 amide bonds. The number of fused-ring (bicyclic) bond motifs is 2. The fourth-order valence-corrected chi connectivity index (χ4v) is 3.27. The predicted octanol–water partition coefficient (Wildman–Crippen LogP) is 4.80. The van der Waals surface area contributed by atoms with Gasteiger partial charge in [-0.3, -0.25) is 4.79 Å². The number of ether oxygens (including phenoxy) is 2. The van der Waals surface area contributed by atoms with Crippen molar-refractivity contribution < 1.29 is 14.3 Å². The molecule has 0 bridgehead atoms. The molecule has 1 aliphatic heterocycles. The fourth-order valence-electron chi connectivity index (χ4n) is 3.27. The topological polar surface area (TPSA) is 38.8 Å². The summed E-state index contributed by atoms with van der Waals surface area (Å²) < 4.78 is 12.2. The van der Waals surface area contributed by atoms with E-state index in [1.54, 1.807) is 0 Å². The highest BCUT2D eigenvalue weighted by Gasteiger charge is 2.30. The normalized spacial score (nSPS) is 13.4. The van der Waals surface area contributed by atoms with Crippen LogP contribution < -0.4 is 9.47 Å². The summed E-state index contributed by atoms with van der Waals surface area (Å²) in [6.45, 7) is 5.75. The molecule has 4 heteroatoms. The number of benzene rings is 2. The van der Waals surface area contributed by atoms with Gasteiger partial charge in [-0.2, -0.15) is 0 Å². The highest BCUT2D eigenvalue weighted by molar-refractivity contribution is 5.80. The van der Waals surface area contributed by atoms with Crippen LogP contribution in [0.1, 0.15) is 50.7 Å². The van der Waals surface area contributed by atoms with E-state index >= 15 is 0 Å². The quantitative estimate of drug-likeness (QED) is 0.705. The van der Waals surface area contributed by atoms with E-state index < -0.39 is 6.29 Å². The number of rotatable bonds is 7. The van der Waals surface area contributed by atoms with Crippen LogP contribution in [-0.4, -0.2) is 30.2 Å². The van der Waals surface area contributed by atoms with Crippen LogP contribution in [0.25, 0.3) is 0 Å². The molecule has 0 spiro atoms. The van der Waals surface area contributed by atoms with Crippen molar-refractivity contribution in [1.82, 2.24) is 4.90 Å². The molecule has 0 radical (unpaired) electrons. The third kappa shape index (κ3) is 4.82. The molecule has 0 N–H and O–H groups in total. The highest BCUT2D eigenvalue weighted by Crippen LogP contribution is 2.31. The number of nitrogens with zero attached hydrogens (tertiary/aromatic N) is 1. The number of hydrogen-bond acceptors (Lipinski definition) is 3. The van der Waals surface area contributed by atoms with Crippen molar-refractivity contribution in [1.29, 1.82) is 0 Å². The Morgan fingerprint density at radius 2 is 1.37 bits per heavy atom. The Morgan fingerprint density at radius 3 is 1.85 bits per heavy atom. The van der Waals surface area contributed by atoms with Crippen molar-refractivity contribution in [2.75, 3.05) is 13.1 Å². The van der Waals surface area contributed by atoms with Crippen molar-refractivity contribution in [2.24, 2.45) is 0 Å². The second kappa shape index (κ2) is 9.45. The maximum absolute atomic E-state index is 13.3. The number of carbonyl (C=O) groups is 1. The Hall–Kier alpha value is -2.49. The summed E-state index contributed by atoms with van der Waals surface area (Å²) >= 11 is 0. The molecule has 0 aromatic heterocycles. The minimum atomic E-state index is -0.957. The van der Waals surface area contributed by atoms with Gasteiger partial charge in [0.25, 0.3) is 0 Å². The van der Waals surface area contributed by atoms with Crippen molar-refractivity contribution in [3.05, 3.63) is 59.7 Å². The first-order valence-electron chi connectivity index (χ1n) is 10.0. The van der Waals surface area contributed by atoms with E-state index in [2.05, 4.69) is 13.8 Å². The van der Waals surface area contributed by atoms with Gasteiger partial charge in [-0.05, 0) is 36.1 Å². The second-order valence-corrected chi connectivity index (χ2v) is 6.99. The monoisotopic (exact) mass is 367 g/mol. The first-order valence-corrected chi connectivity index (χ1v) is 10.0. The van der Waals surface area contributed by atoms with Gasteiger partial charge in [0.1, 0.15) is 11.5 Å². The molecule has 1 aliphatic rings. The Balaban J connectivity index is 1.90. The van der Waals surface area contributed by atoms with E-state index in [1.165, 1.54) is 0 Å². The molecule has 1 heterocycles. The Morgan fingerprint density at radius 1 is 0.889 bits per heavy atom. The summed E-state index contributed by atoms with van der Waals surface area (Å²) in [4.78, 5) is 15.2. The zero-order chi connectivity index (χ0) is 19.1. The zero-order valence-electron chi connectivity index (χ0n) is 16.3. The standard InChI is InChI=1S/C23H29NO3/c1-3-5-15-24(16-6-4-2)22(25)23-26-20-13-9-7-11-18(20)17-19-12-8-10-14-21(19)27-23/h7-14,23H,3-6,15-17H2,1-2H3. The van der Waals surface area contributed by atoms with E-state index in [4.69, 9.17) is 9.47 Å². The lowest BCUT2D eigenvalue weighted by molar-refractivity contribution is -0.152. The summed E-state index contributed by atoms with van der Waals surface area (Å²) in [6, 6.07) is 15.8. The maximum Gasteiger partial charge on any atom is 0.321 e. The molecule has 0 aliphatic carbocycles. The first kappa shape index (κ1) is 19.3. The summed E-state index contributed by atoms with van der Waals surface area (Å²) in [5, 5.41) is 0. The van der Waals surface area contributed by atoms with Gasteiger partial charge in [-0.1, -0.05) is 63.1 Å². The van der Waals surface area contributed by atoms with Crippen LogP contribution in [-0.2, 0) is 11.2 Å². The van der Waals surface area contributed by atoms with E-state index in [-0.39, 0.29) is 5.91 Å². The van der Waals surface area contributed by atoms with Crippen LogP contribution in [0, 0.1) is 0 Å². The van der Waals surface area contributed by atoms with Crippen LogP contribution in [0.3, 0.4) is 0 Å². The van der Waals surface area contributed by atoms with Crippen molar-refractivity contribution in [3.8, 4) is 11.5 Å². The van der Waals surface area contributed by atoms with Crippen LogP contribution >= 0.6 is 0 Å². The lowest BCUT2D eigenvalue weighted by Gasteiger charge is -2.30. The van der Waals surface area contributed by atoms with E-state index in [0.717, 1.165) is 67.8 Å².